The highest BCUT2D eigenvalue weighted by atomic mass is 35.5. The van der Waals surface area contributed by atoms with E-state index >= 15 is 0 Å². The fourth-order valence-corrected chi connectivity index (χ4v) is 4.12. The number of nitrogens with one attached hydrogen (secondary N) is 2. The Morgan fingerprint density at radius 3 is 2.85 bits per heavy atom. The van der Waals surface area contributed by atoms with E-state index in [1.807, 2.05) is 18.2 Å². The zero-order chi connectivity index (χ0) is 18.3. The van der Waals surface area contributed by atoms with E-state index < -0.39 is 0 Å². The fourth-order valence-electron chi connectivity index (χ4n) is 3.62. The Labute approximate surface area is 161 Å². The molecule has 0 aliphatic heterocycles. The van der Waals surface area contributed by atoms with Crippen molar-refractivity contribution in [3.63, 3.8) is 0 Å². The standard InChI is InChI=1S/C20H18Cl2N2O2/c1-26-12-6-8-17-15(10-12)13-3-2-4-18(19(13)23-17)24-20(25)14-7-5-11(21)9-16(14)22/h5-10,18,23H,2-4H2,1H3,(H,24,25)/t18-/m0/s1. The van der Waals surface area contributed by atoms with Crippen LogP contribution in [-0.4, -0.2) is 18.0 Å². The molecule has 4 nitrogen and oxygen atoms in total. The van der Waals surface area contributed by atoms with Gasteiger partial charge in [-0.1, -0.05) is 23.2 Å². The summed E-state index contributed by atoms with van der Waals surface area (Å²) in [4.78, 5) is 16.2. The average molecular weight is 389 g/mol. The molecule has 0 unspecified atom stereocenters. The smallest absolute Gasteiger partial charge is 0.253 e. The number of fused-ring (bicyclic) bond motifs is 3. The van der Waals surface area contributed by atoms with Crippen molar-refractivity contribution in [2.24, 2.45) is 0 Å². The maximum Gasteiger partial charge on any atom is 0.253 e. The number of aromatic nitrogens is 1. The number of amides is 1. The summed E-state index contributed by atoms with van der Waals surface area (Å²) in [5, 5.41) is 5.13. The number of methoxy groups -OCH3 is 1. The van der Waals surface area contributed by atoms with Crippen molar-refractivity contribution in [1.29, 1.82) is 0 Å². The van der Waals surface area contributed by atoms with Gasteiger partial charge in [-0.2, -0.15) is 0 Å². The number of aryl methyl sites for hydroxylation is 1. The van der Waals surface area contributed by atoms with Crippen molar-refractivity contribution in [2.75, 3.05) is 7.11 Å². The summed E-state index contributed by atoms with van der Waals surface area (Å²) in [6.07, 6.45) is 2.88. The van der Waals surface area contributed by atoms with Gasteiger partial charge in [0.05, 0.1) is 23.7 Å². The van der Waals surface area contributed by atoms with Crippen LogP contribution in [0.4, 0.5) is 0 Å². The Balaban J connectivity index is 1.66. The summed E-state index contributed by atoms with van der Waals surface area (Å²) >= 11 is 12.1. The lowest BCUT2D eigenvalue weighted by molar-refractivity contribution is 0.0932. The SMILES string of the molecule is COc1ccc2[nH]c3c(c2c1)CCC[C@@H]3NC(=O)c1ccc(Cl)cc1Cl. The van der Waals surface area contributed by atoms with Gasteiger partial charge in [0.15, 0.2) is 0 Å². The molecule has 1 heterocycles. The van der Waals surface area contributed by atoms with Gasteiger partial charge in [-0.05, 0) is 61.2 Å². The minimum atomic E-state index is -0.194. The third-order valence-electron chi connectivity index (χ3n) is 4.90. The number of hydrogen-bond donors (Lipinski definition) is 2. The summed E-state index contributed by atoms with van der Waals surface area (Å²) in [6, 6.07) is 10.8. The molecule has 0 fully saturated rings. The van der Waals surface area contributed by atoms with Crippen LogP contribution in [0.5, 0.6) is 5.75 Å². The van der Waals surface area contributed by atoms with Gasteiger partial charge in [-0.25, -0.2) is 0 Å². The van der Waals surface area contributed by atoms with Crippen molar-refractivity contribution in [3.8, 4) is 5.75 Å². The number of aromatic amines is 1. The van der Waals surface area contributed by atoms with Gasteiger partial charge >= 0.3 is 0 Å². The molecule has 134 valence electrons. The third kappa shape index (κ3) is 3.04. The quantitative estimate of drug-likeness (QED) is 0.640. The van der Waals surface area contributed by atoms with Gasteiger partial charge in [0.1, 0.15) is 5.75 Å². The van der Waals surface area contributed by atoms with E-state index in [0.29, 0.717) is 15.6 Å². The normalized spacial score (nSPS) is 16.3. The first-order valence-electron chi connectivity index (χ1n) is 8.51. The van der Waals surface area contributed by atoms with Crippen LogP contribution in [0.25, 0.3) is 10.9 Å². The predicted octanol–water partition coefficient (Wildman–Crippen LogP) is 5.29. The molecule has 0 saturated heterocycles. The predicted molar refractivity (Wildman–Crippen MR) is 104 cm³/mol. The molecular weight excluding hydrogens is 371 g/mol. The molecule has 2 N–H and O–H groups in total. The number of carbonyl (C=O) groups excluding carboxylic acids is 1. The third-order valence-corrected chi connectivity index (χ3v) is 5.44. The van der Waals surface area contributed by atoms with E-state index in [1.165, 1.54) is 5.56 Å². The highest BCUT2D eigenvalue weighted by Gasteiger charge is 2.26. The molecule has 1 atom stereocenters. The van der Waals surface area contributed by atoms with Crippen molar-refractivity contribution in [1.82, 2.24) is 10.3 Å². The van der Waals surface area contributed by atoms with Gasteiger partial charge in [-0.3, -0.25) is 4.79 Å². The number of H-pyrrole nitrogens is 1. The monoisotopic (exact) mass is 388 g/mol. The highest BCUT2D eigenvalue weighted by molar-refractivity contribution is 6.36. The minimum Gasteiger partial charge on any atom is -0.497 e. The van der Waals surface area contributed by atoms with E-state index in [2.05, 4.69) is 10.3 Å². The zero-order valence-electron chi connectivity index (χ0n) is 14.2. The van der Waals surface area contributed by atoms with Crippen LogP contribution >= 0.6 is 23.2 Å². The van der Waals surface area contributed by atoms with Gasteiger partial charge in [0.25, 0.3) is 5.91 Å². The molecule has 0 bridgehead atoms. The highest BCUT2D eigenvalue weighted by Crippen LogP contribution is 2.36. The van der Waals surface area contributed by atoms with Gasteiger partial charge in [0.2, 0.25) is 0 Å². The van der Waals surface area contributed by atoms with E-state index in [1.54, 1.807) is 25.3 Å². The van der Waals surface area contributed by atoms with Crippen LogP contribution in [-0.2, 0) is 6.42 Å². The van der Waals surface area contributed by atoms with Crippen molar-refractivity contribution >= 4 is 40.0 Å². The number of rotatable bonds is 3. The molecule has 26 heavy (non-hydrogen) atoms. The first-order valence-corrected chi connectivity index (χ1v) is 9.27. The number of benzene rings is 2. The topological polar surface area (TPSA) is 54.1 Å². The second kappa shape index (κ2) is 6.86. The van der Waals surface area contributed by atoms with Gasteiger partial charge < -0.3 is 15.0 Å². The first-order chi connectivity index (χ1) is 12.6. The Hall–Kier alpha value is -2.17. The molecule has 1 aliphatic carbocycles. The molecule has 2 aromatic carbocycles. The lowest BCUT2D eigenvalue weighted by atomic mass is 9.91. The molecule has 4 rings (SSSR count). The minimum absolute atomic E-state index is 0.0728. The molecule has 0 radical (unpaired) electrons. The average Bonchev–Trinajstić information content (AvgIpc) is 3.00. The lowest BCUT2D eigenvalue weighted by Gasteiger charge is -2.24. The Morgan fingerprint density at radius 1 is 1.23 bits per heavy atom. The Bertz CT molecular complexity index is 997. The van der Waals surface area contributed by atoms with Crippen molar-refractivity contribution < 1.29 is 9.53 Å². The van der Waals surface area contributed by atoms with Crippen LogP contribution in [0.2, 0.25) is 10.0 Å². The molecular formula is C20H18Cl2N2O2. The number of ether oxygens (including phenoxy) is 1. The molecule has 1 aliphatic rings. The Morgan fingerprint density at radius 2 is 2.08 bits per heavy atom. The summed E-state index contributed by atoms with van der Waals surface area (Å²) < 4.78 is 5.35. The van der Waals surface area contributed by atoms with Gasteiger partial charge in [0, 0.05) is 21.6 Å². The van der Waals surface area contributed by atoms with E-state index in [0.717, 1.165) is 41.6 Å². The molecule has 3 aromatic rings. The van der Waals surface area contributed by atoms with Crippen LogP contribution in [0.3, 0.4) is 0 Å². The maximum atomic E-state index is 12.7. The largest absolute Gasteiger partial charge is 0.497 e. The second-order valence-corrected chi connectivity index (χ2v) is 7.31. The van der Waals surface area contributed by atoms with Crippen LogP contribution in [0.1, 0.15) is 40.5 Å². The second-order valence-electron chi connectivity index (χ2n) is 6.47. The Kier molecular flexibility index (Phi) is 4.55. The molecule has 6 heteroatoms. The van der Waals surface area contributed by atoms with Crippen molar-refractivity contribution in [2.45, 2.75) is 25.3 Å². The molecule has 1 aromatic heterocycles. The van der Waals surface area contributed by atoms with Gasteiger partial charge in [-0.15, -0.1) is 0 Å². The summed E-state index contributed by atoms with van der Waals surface area (Å²) in [6.45, 7) is 0. The van der Waals surface area contributed by atoms with Crippen molar-refractivity contribution in [3.05, 3.63) is 63.3 Å². The van der Waals surface area contributed by atoms with Crippen LogP contribution < -0.4 is 10.1 Å². The van der Waals surface area contributed by atoms with E-state index in [-0.39, 0.29) is 11.9 Å². The lowest BCUT2D eigenvalue weighted by Crippen LogP contribution is -2.31. The number of carbonyl (C=O) groups is 1. The van der Waals surface area contributed by atoms with Crippen LogP contribution in [0.15, 0.2) is 36.4 Å². The zero-order valence-corrected chi connectivity index (χ0v) is 15.7. The van der Waals surface area contributed by atoms with Crippen LogP contribution in [0, 0.1) is 0 Å². The first kappa shape index (κ1) is 17.3. The summed E-state index contributed by atoms with van der Waals surface area (Å²) in [7, 11) is 1.67. The molecule has 1 amide bonds. The number of hydrogen-bond acceptors (Lipinski definition) is 2. The molecule has 0 saturated carbocycles. The maximum absolute atomic E-state index is 12.7. The summed E-state index contributed by atoms with van der Waals surface area (Å²) in [5.74, 6) is 0.638. The van der Waals surface area contributed by atoms with E-state index in [9.17, 15) is 4.79 Å². The summed E-state index contributed by atoms with van der Waals surface area (Å²) in [5.41, 5.74) is 3.80. The fraction of sp³-hybridized carbons (Fsp3) is 0.250. The number of halogens is 2. The van der Waals surface area contributed by atoms with E-state index in [4.69, 9.17) is 27.9 Å². The molecule has 0 spiro atoms.